The van der Waals surface area contributed by atoms with E-state index in [-0.39, 0.29) is 5.75 Å². The molecule has 1 aliphatic rings. The highest BCUT2D eigenvalue weighted by Gasteiger charge is 2.21. The molecule has 0 atom stereocenters. The zero-order valence-corrected chi connectivity index (χ0v) is 9.69. The van der Waals surface area contributed by atoms with Crippen molar-refractivity contribution in [3.05, 3.63) is 28.2 Å². The number of ether oxygens (including phenoxy) is 1. The largest absolute Gasteiger partial charge is 0.490 e. The fourth-order valence-electron chi connectivity index (χ4n) is 1.38. The van der Waals surface area contributed by atoms with Crippen LogP contribution in [-0.2, 0) is 0 Å². The first kappa shape index (κ1) is 10.9. The van der Waals surface area contributed by atoms with Crippen LogP contribution in [0.1, 0.15) is 19.3 Å². The summed E-state index contributed by atoms with van der Waals surface area (Å²) in [6.45, 7) is 0.456. The molecular formula is C11H11BrF2O. The summed E-state index contributed by atoms with van der Waals surface area (Å²) >= 11 is 3.09. The van der Waals surface area contributed by atoms with E-state index in [2.05, 4.69) is 15.9 Å². The van der Waals surface area contributed by atoms with Crippen LogP contribution in [0.4, 0.5) is 8.78 Å². The number of halogens is 3. The third-order valence-electron chi connectivity index (χ3n) is 2.44. The van der Waals surface area contributed by atoms with Gasteiger partial charge in [0.25, 0.3) is 0 Å². The Morgan fingerprint density at radius 1 is 1.33 bits per heavy atom. The van der Waals surface area contributed by atoms with E-state index in [1.807, 2.05) is 0 Å². The van der Waals surface area contributed by atoms with Crippen molar-refractivity contribution in [2.24, 2.45) is 5.92 Å². The normalized spacial score (nSPS) is 15.4. The molecule has 4 heteroatoms. The molecule has 0 N–H and O–H groups in total. The summed E-state index contributed by atoms with van der Waals surface area (Å²) in [5.41, 5.74) is 0. The summed E-state index contributed by atoms with van der Waals surface area (Å²) in [5, 5.41) is 0. The third kappa shape index (κ3) is 2.91. The fourth-order valence-corrected chi connectivity index (χ4v) is 1.79. The Balaban J connectivity index is 1.98. The first-order valence-electron chi connectivity index (χ1n) is 4.94. The van der Waals surface area contributed by atoms with Gasteiger partial charge in [0.2, 0.25) is 5.82 Å². The predicted molar refractivity (Wildman–Crippen MR) is 56.9 cm³/mol. The summed E-state index contributed by atoms with van der Waals surface area (Å²) in [6.07, 6.45) is 3.39. The average Bonchev–Trinajstić information content (AvgIpc) is 2.97. The molecule has 0 heterocycles. The van der Waals surface area contributed by atoms with Crippen LogP contribution >= 0.6 is 15.9 Å². The van der Waals surface area contributed by atoms with Gasteiger partial charge in [-0.15, -0.1) is 0 Å². The quantitative estimate of drug-likeness (QED) is 0.758. The smallest absolute Gasteiger partial charge is 0.200 e. The highest BCUT2D eigenvalue weighted by molar-refractivity contribution is 9.10. The summed E-state index contributed by atoms with van der Waals surface area (Å²) in [7, 11) is 0. The zero-order valence-electron chi connectivity index (χ0n) is 8.10. The van der Waals surface area contributed by atoms with Crippen LogP contribution in [-0.4, -0.2) is 6.61 Å². The van der Waals surface area contributed by atoms with Crippen LogP contribution in [0.2, 0.25) is 0 Å². The van der Waals surface area contributed by atoms with Gasteiger partial charge in [-0.2, -0.15) is 4.39 Å². The van der Waals surface area contributed by atoms with Crippen molar-refractivity contribution < 1.29 is 13.5 Å². The van der Waals surface area contributed by atoms with Crippen LogP contribution in [0.3, 0.4) is 0 Å². The van der Waals surface area contributed by atoms with Gasteiger partial charge in [-0.3, -0.25) is 0 Å². The molecule has 1 saturated carbocycles. The van der Waals surface area contributed by atoms with Gasteiger partial charge in [0, 0.05) is 4.47 Å². The topological polar surface area (TPSA) is 9.23 Å². The second-order valence-electron chi connectivity index (χ2n) is 3.78. The molecule has 0 aromatic heterocycles. The molecule has 0 bridgehead atoms. The standard InChI is InChI=1S/C11H11BrF2O/c12-8-5-9(13)11(14)10(6-8)15-4-3-7-1-2-7/h5-7H,1-4H2. The molecule has 82 valence electrons. The highest BCUT2D eigenvalue weighted by atomic mass is 79.9. The van der Waals surface area contributed by atoms with Crippen LogP contribution in [0.25, 0.3) is 0 Å². The molecule has 1 aliphatic carbocycles. The van der Waals surface area contributed by atoms with E-state index in [0.717, 1.165) is 18.4 Å². The summed E-state index contributed by atoms with van der Waals surface area (Å²) in [5.74, 6) is -1.08. The maximum Gasteiger partial charge on any atom is 0.200 e. The maximum atomic E-state index is 13.2. The number of rotatable bonds is 4. The Hall–Kier alpha value is -0.640. The SMILES string of the molecule is Fc1cc(Br)cc(OCCC2CC2)c1F. The lowest BCUT2D eigenvalue weighted by molar-refractivity contribution is 0.282. The maximum absolute atomic E-state index is 13.2. The van der Waals surface area contributed by atoms with E-state index in [1.54, 1.807) is 0 Å². The first-order chi connectivity index (χ1) is 7.16. The minimum atomic E-state index is -0.908. The Bertz CT molecular complexity index is 364. The second kappa shape index (κ2) is 4.47. The Kier molecular flexibility index (Phi) is 3.24. The molecule has 1 fully saturated rings. The van der Waals surface area contributed by atoms with E-state index >= 15 is 0 Å². The molecule has 15 heavy (non-hydrogen) atoms. The fraction of sp³-hybridized carbons (Fsp3) is 0.455. The Morgan fingerprint density at radius 2 is 2.07 bits per heavy atom. The molecule has 1 nitrogen and oxygen atoms in total. The minimum Gasteiger partial charge on any atom is -0.490 e. The molecule has 1 aromatic carbocycles. The van der Waals surface area contributed by atoms with E-state index in [4.69, 9.17) is 4.74 Å². The third-order valence-corrected chi connectivity index (χ3v) is 2.90. The van der Waals surface area contributed by atoms with E-state index in [0.29, 0.717) is 11.1 Å². The van der Waals surface area contributed by atoms with Crippen LogP contribution in [0.15, 0.2) is 16.6 Å². The molecule has 0 spiro atoms. The van der Waals surface area contributed by atoms with Crippen molar-refractivity contribution in [1.29, 1.82) is 0 Å². The van der Waals surface area contributed by atoms with Crippen LogP contribution in [0.5, 0.6) is 5.75 Å². The van der Waals surface area contributed by atoms with Crippen molar-refractivity contribution >= 4 is 15.9 Å². The Morgan fingerprint density at radius 3 is 2.73 bits per heavy atom. The van der Waals surface area contributed by atoms with Crippen molar-refractivity contribution in [2.75, 3.05) is 6.61 Å². The van der Waals surface area contributed by atoms with Crippen molar-refractivity contribution in [1.82, 2.24) is 0 Å². The predicted octanol–water partition coefficient (Wildman–Crippen LogP) is 3.91. The van der Waals surface area contributed by atoms with E-state index in [9.17, 15) is 8.78 Å². The lowest BCUT2D eigenvalue weighted by Gasteiger charge is -2.07. The van der Waals surface area contributed by atoms with Crippen molar-refractivity contribution in [2.45, 2.75) is 19.3 Å². The van der Waals surface area contributed by atoms with E-state index < -0.39 is 11.6 Å². The average molecular weight is 277 g/mol. The molecule has 0 aliphatic heterocycles. The number of benzene rings is 1. The van der Waals surface area contributed by atoms with Crippen LogP contribution < -0.4 is 4.74 Å². The van der Waals surface area contributed by atoms with Gasteiger partial charge in [0.05, 0.1) is 6.61 Å². The van der Waals surface area contributed by atoms with E-state index in [1.165, 1.54) is 18.9 Å². The van der Waals surface area contributed by atoms with Gasteiger partial charge in [-0.05, 0) is 24.5 Å². The monoisotopic (exact) mass is 276 g/mol. The molecule has 2 rings (SSSR count). The molecule has 1 aromatic rings. The van der Waals surface area contributed by atoms with Gasteiger partial charge in [-0.1, -0.05) is 28.8 Å². The lowest BCUT2D eigenvalue weighted by Crippen LogP contribution is -2.01. The summed E-state index contributed by atoms with van der Waals surface area (Å²) < 4.78 is 31.8. The number of hydrogen-bond acceptors (Lipinski definition) is 1. The zero-order chi connectivity index (χ0) is 10.8. The van der Waals surface area contributed by atoms with Crippen molar-refractivity contribution in [3.63, 3.8) is 0 Å². The summed E-state index contributed by atoms with van der Waals surface area (Å²) in [6, 6.07) is 2.54. The first-order valence-corrected chi connectivity index (χ1v) is 5.73. The second-order valence-corrected chi connectivity index (χ2v) is 4.70. The van der Waals surface area contributed by atoms with Crippen molar-refractivity contribution in [3.8, 4) is 5.75 Å². The molecule has 0 radical (unpaired) electrons. The molecule has 0 unspecified atom stereocenters. The van der Waals surface area contributed by atoms with Gasteiger partial charge in [0.15, 0.2) is 11.6 Å². The lowest BCUT2D eigenvalue weighted by atomic mass is 10.3. The number of hydrogen-bond donors (Lipinski definition) is 0. The van der Waals surface area contributed by atoms with Gasteiger partial charge in [-0.25, -0.2) is 4.39 Å². The molecule has 0 amide bonds. The molecule has 0 saturated heterocycles. The minimum absolute atomic E-state index is 0.0116. The molecular weight excluding hydrogens is 266 g/mol. The van der Waals surface area contributed by atoms with Gasteiger partial charge < -0.3 is 4.74 Å². The highest BCUT2D eigenvalue weighted by Crippen LogP contribution is 2.33. The summed E-state index contributed by atoms with van der Waals surface area (Å²) in [4.78, 5) is 0. The van der Waals surface area contributed by atoms with Gasteiger partial charge >= 0.3 is 0 Å². The Labute approximate surface area is 95.6 Å². The van der Waals surface area contributed by atoms with Crippen LogP contribution in [0, 0.1) is 17.6 Å². The van der Waals surface area contributed by atoms with Gasteiger partial charge in [0.1, 0.15) is 0 Å².